The summed E-state index contributed by atoms with van der Waals surface area (Å²) in [7, 11) is 0. The van der Waals surface area contributed by atoms with Gasteiger partial charge in [0.1, 0.15) is 17.4 Å². The van der Waals surface area contributed by atoms with E-state index in [9.17, 15) is 10.1 Å². The van der Waals surface area contributed by atoms with Crippen LogP contribution in [0.5, 0.6) is 5.75 Å². The predicted molar refractivity (Wildman–Crippen MR) is 121 cm³/mol. The Bertz CT molecular complexity index is 1120. The van der Waals surface area contributed by atoms with Crippen LogP contribution in [0.2, 0.25) is 10.0 Å². The van der Waals surface area contributed by atoms with Gasteiger partial charge in [0.25, 0.3) is 5.91 Å². The van der Waals surface area contributed by atoms with Crippen LogP contribution in [0.15, 0.2) is 54.2 Å². The number of thiazole rings is 1. The Balaban J connectivity index is 1.68. The fourth-order valence-electron chi connectivity index (χ4n) is 2.62. The number of benzene rings is 2. The number of hydrogen-bond donors (Lipinski definition) is 1. The molecule has 1 amide bonds. The molecule has 1 heterocycles. The van der Waals surface area contributed by atoms with Gasteiger partial charge in [-0.25, -0.2) is 4.98 Å². The number of aromatic nitrogens is 1. The first kappa shape index (κ1) is 21.8. The maximum atomic E-state index is 12.5. The van der Waals surface area contributed by atoms with Crippen LogP contribution < -0.4 is 10.1 Å². The van der Waals surface area contributed by atoms with Crippen molar-refractivity contribution in [3.63, 3.8) is 0 Å². The Morgan fingerprint density at radius 2 is 2.03 bits per heavy atom. The number of carbonyl (C=O) groups is 1. The Kier molecular flexibility index (Phi) is 7.47. The Hall–Kier alpha value is -2.85. The lowest BCUT2D eigenvalue weighted by atomic mass is 10.1. The molecule has 0 aliphatic heterocycles. The first-order valence-electron chi connectivity index (χ1n) is 9.03. The van der Waals surface area contributed by atoms with E-state index in [4.69, 9.17) is 27.9 Å². The number of nitrogens with one attached hydrogen (secondary N) is 1. The van der Waals surface area contributed by atoms with E-state index in [1.165, 1.54) is 17.4 Å². The highest BCUT2D eigenvalue weighted by atomic mass is 35.5. The topological polar surface area (TPSA) is 75.0 Å². The second kappa shape index (κ2) is 10.3. The molecule has 0 fully saturated rings. The van der Waals surface area contributed by atoms with E-state index < -0.39 is 5.91 Å². The van der Waals surface area contributed by atoms with Gasteiger partial charge < -0.3 is 4.74 Å². The highest BCUT2D eigenvalue weighted by Gasteiger charge is 2.13. The molecule has 3 rings (SSSR count). The average Bonchev–Trinajstić information content (AvgIpc) is 3.17. The monoisotopic (exact) mass is 457 g/mol. The predicted octanol–water partition coefficient (Wildman–Crippen LogP) is 5.99. The lowest BCUT2D eigenvalue weighted by Gasteiger charge is -2.03. The van der Waals surface area contributed by atoms with Crippen molar-refractivity contribution in [3.8, 4) is 11.8 Å². The molecule has 0 aliphatic rings. The lowest BCUT2D eigenvalue weighted by molar-refractivity contribution is -0.112. The molecule has 0 unspecified atom stereocenters. The summed E-state index contributed by atoms with van der Waals surface area (Å²) in [5.74, 6) is 0.209. The van der Waals surface area contributed by atoms with E-state index in [0.717, 1.165) is 21.8 Å². The normalized spacial score (nSPS) is 11.1. The molecule has 152 valence electrons. The molecule has 3 aromatic rings. The van der Waals surface area contributed by atoms with Gasteiger partial charge in [0.05, 0.1) is 6.61 Å². The third-order valence-electron chi connectivity index (χ3n) is 4.01. The van der Waals surface area contributed by atoms with Gasteiger partial charge in [-0.1, -0.05) is 35.3 Å². The van der Waals surface area contributed by atoms with Crippen molar-refractivity contribution in [1.82, 2.24) is 4.98 Å². The number of nitrogens with zero attached hydrogens (tertiary/aromatic N) is 2. The molecule has 1 aromatic heterocycles. The SMILES string of the molecule is CCOc1ccc(/C=C(\C#N)C(=O)Nc2ncc(Cc3cc(Cl)ccc3Cl)s2)cc1. The van der Waals surface area contributed by atoms with Crippen LogP contribution >= 0.6 is 34.5 Å². The summed E-state index contributed by atoms with van der Waals surface area (Å²) in [6.07, 6.45) is 3.73. The van der Waals surface area contributed by atoms with Crippen molar-refractivity contribution in [2.45, 2.75) is 13.3 Å². The first-order valence-corrected chi connectivity index (χ1v) is 10.6. The number of rotatable bonds is 7. The van der Waals surface area contributed by atoms with Crippen molar-refractivity contribution in [2.75, 3.05) is 11.9 Å². The van der Waals surface area contributed by atoms with Crippen LogP contribution in [-0.2, 0) is 11.2 Å². The molecule has 0 spiro atoms. The van der Waals surface area contributed by atoms with Crippen molar-refractivity contribution in [2.24, 2.45) is 0 Å². The quantitative estimate of drug-likeness (QED) is 0.349. The van der Waals surface area contributed by atoms with E-state index >= 15 is 0 Å². The summed E-state index contributed by atoms with van der Waals surface area (Å²) in [5, 5.41) is 13.7. The van der Waals surface area contributed by atoms with Gasteiger partial charge in [-0.2, -0.15) is 5.26 Å². The molecule has 0 atom stereocenters. The van der Waals surface area contributed by atoms with Gasteiger partial charge >= 0.3 is 0 Å². The largest absolute Gasteiger partial charge is 0.494 e. The van der Waals surface area contributed by atoms with Crippen LogP contribution in [0.25, 0.3) is 6.08 Å². The van der Waals surface area contributed by atoms with Crippen LogP contribution in [0, 0.1) is 11.3 Å². The summed E-state index contributed by atoms with van der Waals surface area (Å²) in [6.45, 7) is 2.47. The molecule has 8 heteroatoms. The molecular weight excluding hydrogens is 441 g/mol. The van der Waals surface area contributed by atoms with Gasteiger partial charge in [-0.15, -0.1) is 11.3 Å². The molecule has 0 bridgehead atoms. The van der Waals surface area contributed by atoms with Gasteiger partial charge in [0.2, 0.25) is 0 Å². The highest BCUT2D eigenvalue weighted by molar-refractivity contribution is 7.15. The van der Waals surface area contributed by atoms with Crippen LogP contribution in [0.3, 0.4) is 0 Å². The fraction of sp³-hybridized carbons (Fsp3) is 0.136. The Morgan fingerprint density at radius 1 is 1.27 bits per heavy atom. The summed E-state index contributed by atoms with van der Waals surface area (Å²) in [4.78, 5) is 17.6. The molecule has 0 aliphatic carbocycles. The van der Waals surface area contributed by atoms with Crippen LogP contribution in [0.1, 0.15) is 22.9 Å². The first-order chi connectivity index (χ1) is 14.5. The smallest absolute Gasteiger partial charge is 0.268 e. The molecule has 0 saturated heterocycles. The molecular formula is C22H17Cl2N3O2S. The third-order valence-corrected chi connectivity index (χ3v) is 5.53. The highest BCUT2D eigenvalue weighted by Crippen LogP contribution is 2.27. The number of anilines is 1. The van der Waals surface area contributed by atoms with Crippen molar-refractivity contribution in [1.29, 1.82) is 5.26 Å². The van der Waals surface area contributed by atoms with E-state index in [2.05, 4.69) is 10.3 Å². The molecule has 0 saturated carbocycles. The Morgan fingerprint density at radius 3 is 2.73 bits per heavy atom. The van der Waals surface area contributed by atoms with Crippen molar-refractivity contribution in [3.05, 3.63) is 80.3 Å². The van der Waals surface area contributed by atoms with Crippen LogP contribution in [-0.4, -0.2) is 17.5 Å². The lowest BCUT2D eigenvalue weighted by Crippen LogP contribution is -2.13. The Labute approximate surface area is 188 Å². The number of ether oxygens (including phenoxy) is 1. The second-order valence-corrected chi connectivity index (χ2v) is 8.13. The molecule has 2 aromatic carbocycles. The number of amides is 1. The van der Waals surface area contributed by atoms with Crippen molar-refractivity contribution < 1.29 is 9.53 Å². The number of hydrogen-bond acceptors (Lipinski definition) is 5. The number of carbonyl (C=O) groups excluding carboxylic acids is 1. The fourth-order valence-corrected chi connectivity index (χ4v) is 3.83. The molecule has 30 heavy (non-hydrogen) atoms. The van der Waals surface area contributed by atoms with E-state index in [1.807, 2.05) is 13.0 Å². The maximum Gasteiger partial charge on any atom is 0.268 e. The zero-order chi connectivity index (χ0) is 21.5. The maximum absolute atomic E-state index is 12.5. The minimum Gasteiger partial charge on any atom is -0.494 e. The number of halogens is 2. The van der Waals surface area contributed by atoms with Gasteiger partial charge in [0.15, 0.2) is 5.13 Å². The average molecular weight is 458 g/mol. The summed E-state index contributed by atoms with van der Waals surface area (Å²) < 4.78 is 5.39. The molecule has 0 radical (unpaired) electrons. The second-order valence-electron chi connectivity index (χ2n) is 6.17. The van der Waals surface area contributed by atoms with Crippen LogP contribution in [0.4, 0.5) is 5.13 Å². The van der Waals surface area contributed by atoms with Gasteiger partial charge in [-0.3, -0.25) is 10.1 Å². The van der Waals surface area contributed by atoms with E-state index in [-0.39, 0.29) is 5.57 Å². The van der Waals surface area contributed by atoms with Gasteiger partial charge in [-0.05, 0) is 54.5 Å². The minimum absolute atomic E-state index is 0.0196. The van der Waals surface area contributed by atoms with E-state index in [0.29, 0.717) is 28.2 Å². The summed E-state index contributed by atoms with van der Waals surface area (Å²) >= 11 is 13.5. The summed E-state index contributed by atoms with van der Waals surface area (Å²) in [6, 6.07) is 14.3. The zero-order valence-corrected chi connectivity index (χ0v) is 18.3. The van der Waals surface area contributed by atoms with E-state index in [1.54, 1.807) is 48.7 Å². The van der Waals surface area contributed by atoms with Crippen molar-refractivity contribution >= 4 is 51.7 Å². The standard InChI is InChI=1S/C22H17Cl2N3O2S/c1-2-29-18-6-3-14(4-7-18)9-16(12-25)21(28)27-22-26-13-19(30-22)11-15-10-17(23)5-8-20(15)24/h3-10,13H,2,11H2,1H3,(H,26,27,28)/b16-9+. The summed E-state index contributed by atoms with van der Waals surface area (Å²) in [5.41, 5.74) is 1.58. The zero-order valence-electron chi connectivity index (χ0n) is 16.0. The molecule has 5 nitrogen and oxygen atoms in total. The minimum atomic E-state index is -0.520. The molecule has 1 N–H and O–H groups in total. The van der Waals surface area contributed by atoms with Gasteiger partial charge in [0, 0.05) is 27.5 Å². The number of nitriles is 1. The third kappa shape index (κ3) is 5.83.